The number of hydrogen-bond donors (Lipinski definition) is 3. The van der Waals surface area contributed by atoms with Crippen molar-refractivity contribution in [3.8, 4) is 5.75 Å². The van der Waals surface area contributed by atoms with E-state index in [1.807, 2.05) is 6.07 Å². The van der Waals surface area contributed by atoms with Crippen molar-refractivity contribution in [2.75, 3.05) is 5.32 Å². The number of benzene rings is 2. The van der Waals surface area contributed by atoms with Gasteiger partial charge >= 0.3 is 5.69 Å². The SMILES string of the molecule is Cc1nc(COc2ccc(NC(=O)Cc3ccc4[nH]c(=O)[nH]c4c3)cc2)no1. The number of carbonyl (C=O) groups is 1. The zero-order valence-corrected chi connectivity index (χ0v) is 15.0. The topological polar surface area (TPSA) is 126 Å². The van der Waals surface area contributed by atoms with Gasteiger partial charge in [-0.15, -0.1) is 0 Å². The molecule has 0 unspecified atom stereocenters. The summed E-state index contributed by atoms with van der Waals surface area (Å²) in [7, 11) is 0. The molecule has 0 aliphatic carbocycles. The first-order chi connectivity index (χ1) is 13.5. The number of anilines is 1. The lowest BCUT2D eigenvalue weighted by Gasteiger charge is -2.07. The second-order valence-corrected chi connectivity index (χ2v) is 6.23. The van der Waals surface area contributed by atoms with Gasteiger partial charge in [-0.25, -0.2) is 4.79 Å². The molecule has 0 aliphatic rings. The van der Waals surface area contributed by atoms with Gasteiger partial charge in [0.2, 0.25) is 17.6 Å². The highest BCUT2D eigenvalue weighted by Gasteiger charge is 2.07. The van der Waals surface area contributed by atoms with Gasteiger partial charge in [0, 0.05) is 12.6 Å². The van der Waals surface area contributed by atoms with Gasteiger partial charge in [0.1, 0.15) is 5.75 Å². The van der Waals surface area contributed by atoms with Crippen molar-refractivity contribution in [3.63, 3.8) is 0 Å². The zero-order valence-electron chi connectivity index (χ0n) is 15.0. The lowest BCUT2D eigenvalue weighted by molar-refractivity contribution is -0.115. The Bertz CT molecular complexity index is 1170. The Kier molecular flexibility index (Phi) is 4.63. The minimum Gasteiger partial charge on any atom is -0.485 e. The van der Waals surface area contributed by atoms with E-state index in [2.05, 4.69) is 25.4 Å². The lowest BCUT2D eigenvalue weighted by atomic mass is 10.1. The van der Waals surface area contributed by atoms with E-state index in [0.29, 0.717) is 34.2 Å². The Morgan fingerprint density at radius 1 is 1.14 bits per heavy atom. The van der Waals surface area contributed by atoms with Gasteiger partial charge < -0.3 is 24.5 Å². The number of H-pyrrole nitrogens is 2. The highest BCUT2D eigenvalue weighted by atomic mass is 16.5. The molecule has 9 nitrogen and oxygen atoms in total. The second kappa shape index (κ2) is 7.39. The van der Waals surface area contributed by atoms with Crippen LogP contribution in [0.2, 0.25) is 0 Å². The van der Waals surface area contributed by atoms with Gasteiger partial charge in [0.05, 0.1) is 17.5 Å². The normalized spacial score (nSPS) is 10.9. The molecular formula is C19H17N5O4. The van der Waals surface area contributed by atoms with Gasteiger partial charge in [0.25, 0.3) is 0 Å². The number of fused-ring (bicyclic) bond motifs is 1. The van der Waals surface area contributed by atoms with Crippen molar-refractivity contribution in [2.45, 2.75) is 20.0 Å². The van der Waals surface area contributed by atoms with Crippen LogP contribution in [0.25, 0.3) is 11.0 Å². The number of ether oxygens (including phenoxy) is 1. The van der Waals surface area contributed by atoms with Gasteiger partial charge in [-0.2, -0.15) is 4.98 Å². The first-order valence-corrected chi connectivity index (χ1v) is 8.58. The molecule has 1 amide bonds. The standard InChI is InChI=1S/C19H17N5O4/c1-11-20-17(24-28-11)10-27-14-5-3-13(4-6-14)21-18(25)9-12-2-7-15-16(8-12)23-19(26)22-15/h2-8H,9-10H2,1H3,(H,21,25)(H2,22,23,26). The smallest absolute Gasteiger partial charge is 0.323 e. The fourth-order valence-electron chi connectivity index (χ4n) is 2.76. The summed E-state index contributed by atoms with van der Waals surface area (Å²) in [5, 5.41) is 6.59. The van der Waals surface area contributed by atoms with Crippen molar-refractivity contribution in [1.82, 2.24) is 20.1 Å². The van der Waals surface area contributed by atoms with Crippen LogP contribution < -0.4 is 15.7 Å². The predicted molar refractivity (Wildman–Crippen MR) is 101 cm³/mol. The summed E-state index contributed by atoms with van der Waals surface area (Å²) in [6.07, 6.45) is 0.193. The van der Waals surface area contributed by atoms with Crippen LogP contribution in [0, 0.1) is 6.92 Å². The molecule has 2 aromatic heterocycles. The van der Waals surface area contributed by atoms with E-state index in [0.717, 1.165) is 5.56 Å². The molecule has 9 heteroatoms. The molecule has 0 aliphatic heterocycles. The molecule has 0 saturated carbocycles. The molecule has 2 aromatic carbocycles. The Morgan fingerprint density at radius 3 is 2.68 bits per heavy atom. The van der Waals surface area contributed by atoms with E-state index in [-0.39, 0.29) is 24.6 Å². The molecule has 142 valence electrons. The molecule has 0 radical (unpaired) electrons. The van der Waals surface area contributed by atoms with Gasteiger partial charge in [-0.05, 0) is 42.0 Å². The number of hydrogen-bond acceptors (Lipinski definition) is 6. The summed E-state index contributed by atoms with van der Waals surface area (Å²) in [5.41, 5.74) is 2.57. The van der Waals surface area contributed by atoms with E-state index in [1.165, 1.54) is 0 Å². The van der Waals surface area contributed by atoms with E-state index in [4.69, 9.17) is 9.26 Å². The molecule has 4 aromatic rings. The van der Waals surface area contributed by atoms with Crippen LogP contribution in [-0.4, -0.2) is 26.0 Å². The molecule has 0 saturated heterocycles. The Hall–Kier alpha value is -3.88. The summed E-state index contributed by atoms with van der Waals surface area (Å²) < 4.78 is 10.5. The highest BCUT2D eigenvalue weighted by molar-refractivity contribution is 5.92. The predicted octanol–water partition coefficient (Wildman–Crippen LogP) is 2.31. The summed E-state index contributed by atoms with van der Waals surface area (Å²) >= 11 is 0. The van der Waals surface area contributed by atoms with E-state index in [9.17, 15) is 9.59 Å². The number of imidazole rings is 1. The van der Waals surface area contributed by atoms with E-state index < -0.39 is 0 Å². The molecule has 2 heterocycles. The summed E-state index contributed by atoms with van der Waals surface area (Å²) in [5.74, 6) is 1.42. The number of aromatic nitrogens is 4. The molecule has 4 rings (SSSR count). The Morgan fingerprint density at radius 2 is 1.93 bits per heavy atom. The number of nitrogens with one attached hydrogen (secondary N) is 3. The van der Waals surface area contributed by atoms with Gasteiger partial charge in [-0.3, -0.25) is 4.79 Å². The van der Waals surface area contributed by atoms with Crippen LogP contribution in [0.15, 0.2) is 51.8 Å². The van der Waals surface area contributed by atoms with Crippen LogP contribution in [0.1, 0.15) is 17.3 Å². The molecule has 0 bridgehead atoms. The van der Waals surface area contributed by atoms with Crippen LogP contribution in [0.5, 0.6) is 5.75 Å². The Labute approximate surface area is 158 Å². The quantitative estimate of drug-likeness (QED) is 0.472. The van der Waals surface area contributed by atoms with E-state index in [1.54, 1.807) is 43.3 Å². The van der Waals surface area contributed by atoms with Crippen molar-refractivity contribution in [1.29, 1.82) is 0 Å². The fraction of sp³-hybridized carbons (Fsp3) is 0.158. The maximum atomic E-state index is 12.3. The highest BCUT2D eigenvalue weighted by Crippen LogP contribution is 2.17. The number of amides is 1. The van der Waals surface area contributed by atoms with Crippen LogP contribution >= 0.6 is 0 Å². The molecular weight excluding hydrogens is 362 g/mol. The monoisotopic (exact) mass is 379 g/mol. The number of carbonyl (C=O) groups excluding carboxylic acids is 1. The molecule has 3 N–H and O–H groups in total. The largest absolute Gasteiger partial charge is 0.485 e. The van der Waals surface area contributed by atoms with Gasteiger partial charge in [0.15, 0.2) is 6.61 Å². The van der Waals surface area contributed by atoms with Crippen molar-refractivity contribution in [3.05, 3.63) is 70.2 Å². The van der Waals surface area contributed by atoms with Crippen LogP contribution in [0.4, 0.5) is 5.69 Å². The molecule has 0 spiro atoms. The third-order valence-electron chi connectivity index (χ3n) is 4.02. The first kappa shape index (κ1) is 17.5. The van der Waals surface area contributed by atoms with Crippen molar-refractivity contribution >= 4 is 22.6 Å². The number of aryl methyl sites for hydroxylation is 1. The fourth-order valence-corrected chi connectivity index (χ4v) is 2.76. The maximum absolute atomic E-state index is 12.3. The first-order valence-electron chi connectivity index (χ1n) is 8.58. The average Bonchev–Trinajstić information content (AvgIpc) is 3.25. The van der Waals surface area contributed by atoms with Crippen molar-refractivity contribution < 1.29 is 14.1 Å². The summed E-state index contributed by atoms with van der Waals surface area (Å²) in [6, 6.07) is 12.4. The average molecular weight is 379 g/mol. The third-order valence-corrected chi connectivity index (χ3v) is 4.02. The van der Waals surface area contributed by atoms with Crippen LogP contribution in [0.3, 0.4) is 0 Å². The number of nitrogens with zero attached hydrogens (tertiary/aromatic N) is 2. The molecule has 0 fully saturated rings. The lowest BCUT2D eigenvalue weighted by Crippen LogP contribution is -2.14. The second-order valence-electron chi connectivity index (χ2n) is 6.23. The minimum absolute atomic E-state index is 0.159. The summed E-state index contributed by atoms with van der Waals surface area (Å²) in [4.78, 5) is 33.0. The van der Waals surface area contributed by atoms with Crippen LogP contribution in [-0.2, 0) is 17.8 Å². The minimum atomic E-state index is -0.270. The molecule has 28 heavy (non-hydrogen) atoms. The Balaban J connectivity index is 1.33. The zero-order chi connectivity index (χ0) is 19.5. The maximum Gasteiger partial charge on any atom is 0.323 e. The van der Waals surface area contributed by atoms with Gasteiger partial charge in [-0.1, -0.05) is 11.2 Å². The number of aromatic amines is 2. The molecule has 0 atom stereocenters. The summed E-state index contributed by atoms with van der Waals surface area (Å²) in [6.45, 7) is 1.91. The van der Waals surface area contributed by atoms with Crippen molar-refractivity contribution in [2.24, 2.45) is 0 Å². The third kappa shape index (κ3) is 4.09. The van der Waals surface area contributed by atoms with E-state index >= 15 is 0 Å². The number of rotatable bonds is 6.